The molecule has 0 saturated heterocycles. The van der Waals surface area contributed by atoms with Crippen molar-refractivity contribution in [2.75, 3.05) is 7.05 Å². The number of hydrogen-bond donors (Lipinski definition) is 1. The highest BCUT2D eigenvalue weighted by molar-refractivity contribution is 5.74. The zero-order valence-corrected chi connectivity index (χ0v) is 11.9. The van der Waals surface area contributed by atoms with E-state index in [1.54, 1.807) is 0 Å². The summed E-state index contributed by atoms with van der Waals surface area (Å²) < 4.78 is 45.1. The molecule has 2 amide bonds. The monoisotopic (exact) mass is 313 g/mol. The van der Waals surface area contributed by atoms with Crippen molar-refractivity contribution in [3.63, 3.8) is 0 Å². The van der Waals surface area contributed by atoms with Crippen LogP contribution in [-0.4, -0.2) is 17.6 Å². The van der Waals surface area contributed by atoms with Crippen LogP contribution in [0.2, 0.25) is 0 Å². The lowest BCUT2D eigenvalue weighted by Gasteiger charge is -2.08. The smallest absolute Gasteiger partial charge is 0.416 e. The number of urea groups is 1. The molecule has 0 aliphatic rings. The van der Waals surface area contributed by atoms with E-state index in [2.05, 4.69) is 10.3 Å². The van der Waals surface area contributed by atoms with Gasteiger partial charge in [0.25, 0.3) is 0 Å². The molecular weight excluding hydrogens is 299 g/mol. The number of oxazole rings is 1. The molecule has 22 heavy (non-hydrogen) atoms. The van der Waals surface area contributed by atoms with Gasteiger partial charge in [-0.1, -0.05) is 13.0 Å². The van der Waals surface area contributed by atoms with E-state index in [4.69, 9.17) is 4.42 Å². The highest BCUT2D eigenvalue weighted by Crippen LogP contribution is 2.30. The average Bonchev–Trinajstić information content (AvgIpc) is 2.89. The third-order valence-electron chi connectivity index (χ3n) is 2.91. The third-order valence-corrected chi connectivity index (χ3v) is 2.91. The van der Waals surface area contributed by atoms with Crippen LogP contribution >= 0.6 is 0 Å². The van der Waals surface area contributed by atoms with E-state index in [-0.39, 0.29) is 11.4 Å². The number of carbonyl (C=O) groups is 1. The summed E-state index contributed by atoms with van der Waals surface area (Å²) in [5.41, 5.74) is -0.668. The van der Waals surface area contributed by atoms with Crippen LogP contribution in [0.1, 0.15) is 18.2 Å². The van der Waals surface area contributed by atoms with Crippen molar-refractivity contribution in [1.29, 1.82) is 0 Å². The first-order valence-corrected chi connectivity index (χ1v) is 6.50. The van der Waals surface area contributed by atoms with Crippen molar-refractivity contribution in [2.45, 2.75) is 19.5 Å². The molecular formula is C14H14F3N3O2. The fourth-order valence-electron chi connectivity index (χ4n) is 1.79. The van der Waals surface area contributed by atoms with Crippen LogP contribution in [0.4, 0.5) is 18.0 Å². The second-order valence-corrected chi connectivity index (χ2v) is 4.42. The van der Waals surface area contributed by atoms with Gasteiger partial charge >= 0.3 is 17.9 Å². The van der Waals surface area contributed by atoms with Gasteiger partial charge in [-0.15, -0.1) is 4.99 Å². The number of nitrogens with one attached hydrogen (secondary N) is 1. The number of rotatable bonds is 2. The Morgan fingerprint density at radius 3 is 2.73 bits per heavy atom. The second kappa shape index (κ2) is 6.08. The molecule has 0 saturated carbocycles. The van der Waals surface area contributed by atoms with E-state index < -0.39 is 17.8 Å². The Morgan fingerprint density at radius 2 is 2.14 bits per heavy atom. The molecule has 0 spiro atoms. The Labute approximate surface area is 124 Å². The molecule has 8 heteroatoms. The molecule has 0 bridgehead atoms. The molecule has 2 aromatic rings. The molecule has 0 atom stereocenters. The van der Waals surface area contributed by atoms with Gasteiger partial charge in [0.05, 0.1) is 17.4 Å². The highest BCUT2D eigenvalue weighted by atomic mass is 19.4. The first kappa shape index (κ1) is 15.9. The zero-order valence-electron chi connectivity index (χ0n) is 11.9. The number of hydrogen-bond acceptors (Lipinski definition) is 2. The Morgan fingerprint density at radius 1 is 1.41 bits per heavy atom. The number of nitrogens with zero attached hydrogens (tertiary/aromatic N) is 2. The number of aromatic nitrogens is 1. The van der Waals surface area contributed by atoms with Crippen LogP contribution in [0.25, 0.3) is 5.69 Å². The van der Waals surface area contributed by atoms with Crippen LogP contribution in [-0.2, 0) is 12.6 Å². The Hall–Kier alpha value is -2.51. The van der Waals surface area contributed by atoms with Gasteiger partial charge in [0.15, 0.2) is 0 Å². The average molecular weight is 313 g/mol. The molecule has 0 aliphatic carbocycles. The minimum atomic E-state index is -4.45. The van der Waals surface area contributed by atoms with E-state index in [0.717, 1.165) is 12.1 Å². The van der Waals surface area contributed by atoms with Crippen molar-refractivity contribution in [3.8, 4) is 5.69 Å². The lowest BCUT2D eigenvalue weighted by Crippen LogP contribution is -2.21. The number of amides is 2. The summed E-state index contributed by atoms with van der Waals surface area (Å²) in [6.45, 7) is 1.82. The summed E-state index contributed by atoms with van der Waals surface area (Å²) in [7, 11) is 1.39. The van der Waals surface area contributed by atoms with Crippen LogP contribution in [0.3, 0.4) is 0 Å². The fourth-order valence-corrected chi connectivity index (χ4v) is 1.79. The van der Waals surface area contributed by atoms with Gasteiger partial charge in [-0.25, -0.2) is 4.79 Å². The molecule has 1 heterocycles. The molecule has 0 fully saturated rings. The lowest BCUT2D eigenvalue weighted by molar-refractivity contribution is -0.137. The minimum absolute atomic E-state index is 0.0875. The van der Waals surface area contributed by atoms with Gasteiger partial charge in [0.1, 0.15) is 5.76 Å². The summed E-state index contributed by atoms with van der Waals surface area (Å²) in [5.74, 6) is 0.500. The number of alkyl halides is 3. The van der Waals surface area contributed by atoms with E-state index in [1.165, 1.54) is 29.9 Å². The maximum absolute atomic E-state index is 12.8. The Bertz CT molecular complexity index is 744. The van der Waals surface area contributed by atoms with Gasteiger partial charge in [-0.3, -0.25) is 4.57 Å². The topological polar surface area (TPSA) is 59.5 Å². The van der Waals surface area contributed by atoms with E-state index in [1.807, 2.05) is 6.92 Å². The fraction of sp³-hybridized carbons (Fsp3) is 0.286. The normalized spacial score (nSPS) is 12.5. The number of aryl methyl sites for hydroxylation is 1. The quantitative estimate of drug-likeness (QED) is 0.927. The van der Waals surface area contributed by atoms with Gasteiger partial charge < -0.3 is 9.73 Å². The minimum Gasteiger partial charge on any atom is -0.428 e. The van der Waals surface area contributed by atoms with Crippen LogP contribution < -0.4 is 11.0 Å². The zero-order chi connectivity index (χ0) is 16.3. The predicted molar refractivity (Wildman–Crippen MR) is 72.4 cm³/mol. The SMILES string of the molecule is CCc1cn(-c2cccc(C(F)(F)F)c2)/c(=N\C(=O)NC)o1. The maximum Gasteiger partial charge on any atom is 0.416 e. The van der Waals surface area contributed by atoms with Crippen LogP contribution in [0.5, 0.6) is 0 Å². The molecule has 0 unspecified atom stereocenters. The lowest BCUT2D eigenvalue weighted by atomic mass is 10.2. The van der Waals surface area contributed by atoms with Crippen molar-refractivity contribution in [3.05, 3.63) is 47.5 Å². The summed E-state index contributed by atoms with van der Waals surface area (Å²) >= 11 is 0. The molecule has 1 aromatic heterocycles. The van der Waals surface area contributed by atoms with Crippen molar-refractivity contribution < 1.29 is 22.4 Å². The first-order chi connectivity index (χ1) is 10.3. The van der Waals surface area contributed by atoms with Crippen LogP contribution in [0.15, 0.2) is 39.9 Å². The van der Waals surface area contributed by atoms with Gasteiger partial charge in [-0.2, -0.15) is 13.2 Å². The summed E-state index contributed by atoms with van der Waals surface area (Å²) in [4.78, 5) is 15.0. The predicted octanol–water partition coefficient (Wildman–Crippen LogP) is 2.89. The number of benzene rings is 1. The van der Waals surface area contributed by atoms with Gasteiger partial charge in [-0.05, 0) is 18.2 Å². The number of halogens is 3. The molecule has 5 nitrogen and oxygen atoms in total. The Balaban J connectivity index is 2.60. The van der Waals surface area contributed by atoms with E-state index >= 15 is 0 Å². The Kier molecular flexibility index (Phi) is 4.39. The number of carbonyl (C=O) groups excluding carboxylic acids is 1. The van der Waals surface area contributed by atoms with E-state index in [9.17, 15) is 18.0 Å². The second-order valence-electron chi connectivity index (χ2n) is 4.42. The van der Waals surface area contributed by atoms with E-state index in [0.29, 0.717) is 12.2 Å². The highest BCUT2D eigenvalue weighted by Gasteiger charge is 2.30. The third kappa shape index (κ3) is 3.38. The van der Waals surface area contributed by atoms with Crippen molar-refractivity contribution >= 4 is 6.03 Å². The molecule has 118 valence electrons. The van der Waals surface area contributed by atoms with Crippen molar-refractivity contribution in [1.82, 2.24) is 9.88 Å². The molecule has 0 radical (unpaired) electrons. The largest absolute Gasteiger partial charge is 0.428 e. The molecule has 1 N–H and O–H groups in total. The molecule has 2 rings (SSSR count). The summed E-state index contributed by atoms with van der Waals surface area (Å²) in [6, 6.07) is 4.05. The standard InChI is InChI=1S/C14H14F3N3O2/c1-3-11-8-20(13(22-11)19-12(21)18-2)10-6-4-5-9(7-10)14(15,16)17/h4-8H,3H2,1-2H3,(H,18,21)/b19-13+. The van der Waals surface area contributed by atoms with Crippen molar-refractivity contribution in [2.24, 2.45) is 4.99 Å². The summed E-state index contributed by atoms with van der Waals surface area (Å²) in [6.07, 6.45) is -2.43. The summed E-state index contributed by atoms with van der Waals surface area (Å²) in [5, 5.41) is 2.30. The van der Waals surface area contributed by atoms with Crippen LogP contribution in [0, 0.1) is 0 Å². The molecule has 1 aromatic carbocycles. The molecule has 0 aliphatic heterocycles. The van der Waals surface area contributed by atoms with Gasteiger partial charge in [0, 0.05) is 13.5 Å². The maximum atomic E-state index is 12.8. The van der Waals surface area contributed by atoms with Gasteiger partial charge in [0.2, 0.25) is 0 Å². The first-order valence-electron chi connectivity index (χ1n) is 6.50.